The fraction of sp³-hybridized carbons (Fsp3) is 0.938. The lowest BCUT2D eigenvalue weighted by atomic mass is 9.93. The molecule has 16 unspecified atom stereocenters. The third-order valence-corrected chi connectivity index (χ3v) is 27.8. The van der Waals surface area contributed by atoms with Gasteiger partial charge in [0, 0.05) is 27.2 Å². The maximum Gasteiger partial charge on any atom is 0.220 e. The fourth-order valence-electron chi connectivity index (χ4n) is 19.4. The number of amides is 4. The minimum absolute atomic E-state index is 0.145. The quantitative estimate of drug-likeness (QED) is 0.0210. The zero-order valence-electron chi connectivity index (χ0n) is 83.1. The van der Waals surface area contributed by atoms with Crippen LogP contribution in [0.5, 0.6) is 0 Å². The Kier molecular flexibility index (Phi) is 56.2. The minimum atomic E-state index is -2.45. The Morgan fingerprint density at radius 3 is 1.00 bits per heavy atom. The molecule has 8 aliphatic heterocycles. The maximum atomic E-state index is 13.7. The number of aliphatic hydroxyl groups excluding tert-OH is 22. The van der Waals surface area contributed by atoms with Crippen LogP contribution >= 0.6 is 0 Å². The normalized spacial score (nSPS) is 38.4. The van der Waals surface area contributed by atoms with Crippen LogP contribution in [0.3, 0.4) is 0 Å². The summed E-state index contributed by atoms with van der Waals surface area (Å²) in [6.07, 6.45) is -34.6. The van der Waals surface area contributed by atoms with Gasteiger partial charge in [0.25, 0.3) is 0 Å². The molecule has 0 aromatic rings. The number of unbranched alkanes of at least 4 members (excludes halogenated alkanes) is 31. The Bertz CT molecular complexity index is 3500. The van der Waals surface area contributed by atoms with E-state index in [2.05, 4.69) is 35.1 Å². The van der Waals surface area contributed by atoms with E-state index >= 15 is 0 Å². The van der Waals surface area contributed by atoms with Crippen LogP contribution in [0.25, 0.3) is 0 Å². The fourth-order valence-corrected chi connectivity index (χ4v) is 19.4. The van der Waals surface area contributed by atoms with Gasteiger partial charge in [-0.25, -0.2) is 0 Å². The van der Waals surface area contributed by atoms with E-state index in [0.717, 1.165) is 78.6 Å². The summed E-state index contributed by atoms with van der Waals surface area (Å²) in [5, 5.41) is 261. The number of hydrogen-bond acceptors (Lipinski definition) is 42. The molecule has 8 heterocycles. The molecule has 46 nitrogen and oxygen atoms in total. The first-order chi connectivity index (χ1) is 68.1. The summed E-state index contributed by atoms with van der Waals surface area (Å²) in [4.78, 5) is 53.2. The number of ether oxygens (including phenoxy) is 16. The molecule has 0 bridgehead atoms. The highest BCUT2D eigenvalue weighted by atomic mass is 16.8. The smallest absolute Gasteiger partial charge is 0.220 e. The van der Waals surface area contributed by atoms with E-state index in [-0.39, 0.29) is 12.3 Å². The maximum absolute atomic E-state index is 13.7. The molecule has 0 aromatic heterocycles. The molecule has 0 aromatic carbocycles. The largest absolute Gasteiger partial charge is 0.394 e. The summed E-state index contributed by atoms with van der Waals surface area (Å²) in [6, 6.07) is -6.85. The Morgan fingerprint density at radius 1 is 0.289 bits per heavy atom. The van der Waals surface area contributed by atoms with Crippen LogP contribution in [-0.2, 0) is 95.0 Å². The molecule has 46 heteroatoms. The molecule has 0 saturated carbocycles. The van der Waals surface area contributed by atoms with Gasteiger partial charge in [-0.2, -0.15) is 0 Å². The monoisotopic (exact) mass is 2050 g/mol. The third-order valence-electron chi connectivity index (χ3n) is 27.8. The first-order valence-corrected chi connectivity index (χ1v) is 51.8. The molecule has 42 atom stereocenters. The average Bonchev–Trinajstić information content (AvgIpc) is 0.756. The summed E-state index contributed by atoms with van der Waals surface area (Å²) < 4.78 is 97.3. The van der Waals surface area contributed by atoms with Gasteiger partial charge in [0.05, 0.1) is 71.1 Å². The standard InChI is InChI=1S/C96H172N4O42/c1-7-9-11-13-15-17-19-21-22-23-24-25-26-27-28-30-32-34-36-38-40-42-64(112)100-55(56(111)41-39-37-35-33-31-29-20-18-16-14-12-10-8-2)50-127-92-79(124)77(122)82(63(49-107)135-92)136-94-80(125)85(72(117)60(46-104)132-94)139-90-66(98-53(5)109)83(70(115)58(44-102)130-90)137-95-81(126)86(73(118)61(47-105)133-95)140-91-67(99-54(6)110)84(71(116)59(45-103)131-91)138-96-88(142-93-78(123)76(121)68(113)51(3)128-93)87(74(119)62(48-106)134-96)141-89-65(97-52(4)108)75(120)69(114)57(43-101)129-89/h39,41,51,55-63,65-96,101-107,111,113-126H,7-38,40,42-50H2,1-6H3,(H,97,108)(H,98,109)(H,99,110)(H,100,112)/b41-39+/t51?,55-,56+,57?,58?,59?,60?,61?,62?,63?,65?,66?,67?,68+,69-,70+,71+,72-,73-,74-,75+,76?,77+,78-,79?,80?,81?,82+,83+,84+,85-,86-,87-,88?,89+,90-,91-,92+,93+,94-,95-,96-/m0/s1. The Labute approximate surface area is 831 Å². The predicted octanol–water partition coefficient (Wildman–Crippen LogP) is -3.26. The van der Waals surface area contributed by atoms with Crippen molar-refractivity contribution in [1.82, 2.24) is 21.3 Å². The van der Waals surface area contributed by atoms with Crippen LogP contribution in [0.15, 0.2) is 12.2 Å². The molecule has 0 spiro atoms. The van der Waals surface area contributed by atoms with Gasteiger partial charge in [0.2, 0.25) is 23.6 Å². The third kappa shape index (κ3) is 36.4. The van der Waals surface area contributed by atoms with E-state index in [0.29, 0.717) is 12.8 Å². The Balaban J connectivity index is 0.947. The van der Waals surface area contributed by atoms with Gasteiger partial charge in [-0.05, 0) is 26.2 Å². The molecule has 26 N–H and O–H groups in total. The highest BCUT2D eigenvalue weighted by Gasteiger charge is 2.62. The lowest BCUT2D eigenvalue weighted by Crippen LogP contribution is -2.71. The highest BCUT2D eigenvalue weighted by Crippen LogP contribution is 2.41. The van der Waals surface area contributed by atoms with Gasteiger partial charge in [-0.1, -0.05) is 219 Å². The number of rotatable bonds is 64. The van der Waals surface area contributed by atoms with Crippen molar-refractivity contribution < 1.29 is 207 Å². The van der Waals surface area contributed by atoms with Gasteiger partial charge >= 0.3 is 0 Å². The Morgan fingerprint density at radius 2 is 0.592 bits per heavy atom. The highest BCUT2D eigenvalue weighted by molar-refractivity contribution is 5.76. The van der Waals surface area contributed by atoms with Crippen molar-refractivity contribution in [3.05, 3.63) is 12.2 Å². The van der Waals surface area contributed by atoms with E-state index in [9.17, 15) is 132 Å². The molecule has 0 aliphatic carbocycles. The number of aliphatic hydroxyl groups is 22. The van der Waals surface area contributed by atoms with E-state index in [1.54, 1.807) is 6.08 Å². The first-order valence-electron chi connectivity index (χ1n) is 51.8. The van der Waals surface area contributed by atoms with E-state index in [1.165, 1.54) is 148 Å². The van der Waals surface area contributed by atoms with Crippen LogP contribution < -0.4 is 21.3 Å². The summed E-state index contributed by atoms with van der Waals surface area (Å²) in [5.41, 5.74) is 0. The molecule has 8 saturated heterocycles. The van der Waals surface area contributed by atoms with Gasteiger partial charge in [-0.15, -0.1) is 0 Å². The van der Waals surface area contributed by atoms with E-state index < -0.39 is 328 Å². The van der Waals surface area contributed by atoms with Crippen molar-refractivity contribution in [2.45, 2.75) is 517 Å². The molecular formula is C96H172N4O42. The van der Waals surface area contributed by atoms with Crippen molar-refractivity contribution in [2.75, 3.05) is 52.9 Å². The number of hydrogen-bond donors (Lipinski definition) is 26. The molecular weight excluding hydrogens is 1880 g/mol. The first kappa shape index (κ1) is 123. The summed E-state index contributed by atoms with van der Waals surface area (Å²) in [5.74, 6) is -3.15. The summed E-state index contributed by atoms with van der Waals surface area (Å²) in [7, 11) is 0. The van der Waals surface area contributed by atoms with Crippen LogP contribution in [0.2, 0.25) is 0 Å². The van der Waals surface area contributed by atoms with Gasteiger partial charge in [-0.3, -0.25) is 19.2 Å². The molecule has 8 aliphatic rings. The summed E-state index contributed by atoms with van der Waals surface area (Å²) >= 11 is 0. The van der Waals surface area contributed by atoms with Crippen molar-refractivity contribution in [1.29, 1.82) is 0 Å². The van der Waals surface area contributed by atoms with Crippen LogP contribution in [-0.4, -0.2) is 446 Å². The SMILES string of the molecule is CCCCCCCCCCCCC/C=C/[C@@H](O)[C@H](CO[C@@H]1OC(CO)[C@@H](O[C@@H]2OC(CO)[C@H](O)[C@H](O[C@@H]3OC(CO)[C@@H](O)[C@H](O[C@@H]4OC(CO)[C@H](O)[C@H](O[C@@H]5OC(CO)[C@@H](O)[C@H](O[C@@H]6OC(CO)[C@H](O)[C@H](O[C@H]7OC(CO)[C@H](O)[C@H](O)C7NC(C)=O)C6O[C@H]6OC(C)[C@@H](O)C(O)[C@@H]6O)C5NC(C)=O)C4O)C3NC(C)=O)C2O)[C@H](O)C1O)NC(=O)CCCCCCCCCCCCCCCCCCCCCCC. The second-order valence-electron chi connectivity index (χ2n) is 39.1. The van der Waals surface area contributed by atoms with Crippen molar-refractivity contribution in [2.24, 2.45) is 0 Å². The number of carbonyl (C=O) groups is 4. The molecule has 8 rings (SSSR count). The van der Waals surface area contributed by atoms with E-state index in [4.69, 9.17) is 75.8 Å². The lowest BCUT2D eigenvalue weighted by Gasteiger charge is -2.52. The lowest BCUT2D eigenvalue weighted by molar-refractivity contribution is -0.401. The molecule has 4 amide bonds. The number of allylic oxidation sites excluding steroid dienone is 1. The van der Waals surface area contributed by atoms with Crippen molar-refractivity contribution >= 4 is 23.6 Å². The minimum Gasteiger partial charge on any atom is -0.394 e. The molecule has 142 heavy (non-hydrogen) atoms. The second kappa shape index (κ2) is 64.7. The molecule has 828 valence electrons. The number of nitrogens with one attached hydrogen (secondary N) is 4. The molecule has 0 radical (unpaired) electrons. The molecule has 8 fully saturated rings. The summed E-state index contributed by atoms with van der Waals surface area (Å²) in [6.45, 7) is 0.477. The second-order valence-corrected chi connectivity index (χ2v) is 39.1. The van der Waals surface area contributed by atoms with Crippen LogP contribution in [0.1, 0.15) is 260 Å². The van der Waals surface area contributed by atoms with E-state index in [1.807, 2.05) is 6.08 Å². The number of carbonyl (C=O) groups excluding carboxylic acids is 4. The predicted molar refractivity (Wildman–Crippen MR) is 497 cm³/mol. The Hall–Kier alpha value is -3.90. The van der Waals surface area contributed by atoms with Gasteiger partial charge < -0.3 is 209 Å². The zero-order chi connectivity index (χ0) is 104. The van der Waals surface area contributed by atoms with Crippen molar-refractivity contribution in [3.63, 3.8) is 0 Å². The van der Waals surface area contributed by atoms with Crippen molar-refractivity contribution in [3.8, 4) is 0 Å². The van der Waals surface area contributed by atoms with Crippen LogP contribution in [0, 0.1) is 0 Å². The van der Waals surface area contributed by atoms with Gasteiger partial charge in [0.15, 0.2) is 50.3 Å². The topological polar surface area (TPSA) is 709 Å². The zero-order valence-corrected chi connectivity index (χ0v) is 83.1. The van der Waals surface area contributed by atoms with Gasteiger partial charge in [0.1, 0.15) is 189 Å². The average molecular weight is 2050 g/mol. The van der Waals surface area contributed by atoms with Crippen LogP contribution in [0.4, 0.5) is 0 Å².